The van der Waals surface area contributed by atoms with Crippen LogP contribution in [0.4, 0.5) is 0 Å². The summed E-state index contributed by atoms with van der Waals surface area (Å²) in [5.41, 5.74) is 2.48. The summed E-state index contributed by atoms with van der Waals surface area (Å²) in [6.07, 6.45) is 1.77. The molecule has 2 aromatic carbocycles. The molecule has 2 aromatic heterocycles. The van der Waals surface area contributed by atoms with E-state index in [0.29, 0.717) is 15.9 Å². The van der Waals surface area contributed by atoms with Crippen LogP contribution in [0.25, 0.3) is 15.9 Å². The minimum atomic E-state index is -0.515. The van der Waals surface area contributed by atoms with Gasteiger partial charge in [0, 0.05) is 0 Å². The van der Waals surface area contributed by atoms with Crippen molar-refractivity contribution in [3.63, 3.8) is 0 Å². The van der Waals surface area contributed by atoms with Gasteiger partial charge in [0.15, 0.2) is 0 Å². The standard InChI is InChI=1S/C23H19N3O3S/c27-20(24-18-11-10-15-6-4-5-9-17(15)18)14-25-19-12-13-30-21(19)22(28)26(23(25)29)16-7-2-1-3-8-16/h1-9,12-13,18H,10-11,14H2,(H,24,27)/t18-/m1/s1. The minimum absolute atomic E-state index is 0.0533. The van der Waals surface area contributed by atoms with Gasteiger partial charge in [-0.1, -0.05) is 42.5 Å². The fraction of sp³-hybridized carbons (Fsp3) is 0.174. The highest BCUT2D eigenvalue weighted by atomic mass is 32.1. The normalized spacial score (nSPS) is 15.3. The first-order valence-electron chi connectivity index (χ1n) is 9.79. The summed E-state index contributed by atoms with van der Waals surface area (Å²) < 4.78 is 2.98. The van der Waals surface area contributed by atoms with E-state index in [9.17, 15) is 14.4 Å². The Morgan fingerprint density at radius 1 is 1.03 bits per heavy atom. The molecule has 0 aliphatic heterocycles. The van der Waals surface area contributed by atoms with Gasteiger partial charge in [-0.15, -0.1) is 11.3 Å². The van der Waals surface area contributed by atoms with Crippen molar-refractivity contribution >= 4 is 27.5 Å². The molecule has 1 N–H and O–H groups in total. The molecule has 1 aliphatic rings. The first-order valence-corrected chi connectivity index (χ1v) is 10.7. The van der Waals surface area contributed by atoms with E-state index in [1.807, 2.05) is 24.3 Å². The molecule has 0 saturated heterocycles. The average molecular weight is 417 g/mol. The molecule has 150 valence electrons. The zero-order valence-corrected chi connectivity index (χ0v) is 16.9. The number of nitrogens with zero attached hydrogens (tertiary/aromatic N) is 2. The minimum Gasteiger partial charge on any atom is -0.348 e. The fourth-order valence-electron chi connectivity index (χ4n) is 4.14. The molecule has 5 rings (SSSR count). The van der Waals surface area contributed by atoms with Crippen LogP contribution >= 0.6 is 11.3 Å². The molecule has 2 heterocycles. The summed E-state index contributed by atoms with van der Waals surface area (Å²) in [6.45, 7) is -0.141. The van der Waals surface area contributed by atoms with Crippen LogP contribution in [0.5, 0.6) is 0 Å². The van der Waals surface area contributed by atoms with Gasteiger partial charge < -0.3 is 5.32 Å². The predicted molar refractivity (Wildman–Crippen MR) is 117 cm³/mol. The molecule has 0 fully saturated rings. The first kappa shape index (κ1) is 18.6. The third-order valence-electron chi connectivity index (χ3n) is 5.54. The molecular weight excluding hydrogens is 398 g/mol. The topological polar surface area (TPSA) is 73.1 Å². The number of amides is 1. The lowest BCUT2D eigenvalue weighted by Gasteiger charge is -2.16. The number of fused-ring (bicyclic) bond motifs is 2. The van der Waals surface area contributed by atoms with E-state index in [0.717, 1.165) is 23.0 Å². The number of nitrogens with one attached hydrogen (secondary N) is 1. The van der Waals surface area contributed by atoms with Crippen molar-refractivity contribution in [2.24, 2.45) is 0 Å². The van der Waals surface area contributed by atoms with Gasteiger partial charge in [0.1, 0.15) is 11.2 Å². The number of aryl methyl sites for hydroxylation is 1. The average Bonchev–Trinajstić information content (AvgIpc) is 3.40. The van der Waals surface area contributed by atoms with Gasteiger partial charge in [-0.05, 0) is 47.5 Å². The highest BCUT2D eigenvalue weighted by Gasteiger charge is 2.24. The molecule has 0 radical (unpaired) electrons. The SMILES string of the molecule is O=C(Cn1c(=O)n(-c2ccccc2)c(=O)c2sccc21)N[C@@H]1CCc2ccccc21. The number of benzene rings is 2. The second kappa shape index (κ2) is 7.42. The van der Waals surface area contributed by atoms with Crippen LogP contribution in [0, 0.1) is 0 Å². The summed E-state index contributed by atoms with van der Waals surface area (Å²) in [6, 6.07) is 18.5. The lowest BCUT2D eigenvalue weighted by Crippen LogP contribution is -2.41. The molecular formula is C23H19N3O3S. The maximum absolute atomic E-state index is 13.2. The number of rotatable bonds is 4. The van der Waals surface area contributed by atoms with Crippen molar-refractivity contribution in [1.82, 2.24) is 14.5 Å². The van der Waals surface area contributed by atoms with E-state index in [-0.39, 0.29) is 24.1 Å². The van der Waals surface area contributed by atoms with Crippen LogP contribution in [-0.2, 0) is 17.8 Å². The largest absolute Gasteiger partial charge is 0.348 e. The van der Waals surface area contributed by atoms with Crippen LogP contribution in [0.1, 0.15) is 23.6 Å². The Morgan fingerprint density at radius 3 is 2.63 bits per heavy atom. The lowest BCUT2D eigenvalue weighted by atomic mass is 10.1. The van der Waals surface area contributed by atoms with Crippen LogP contribution in [0.3, 0.4) is 0 Å². The number of thiophene rings is 1. The maximum atomic E-state index is 13.2. The highest BCUT2D eigenvalue weighted by molar-refractivity contribution is 7.17. The summed E-state index contributed by atoms with van der Waals surface area (Å²) in [5, 5.41) is 4.83. The number of para-hydroxylation sites is 1. The third kappa shape index (κ3) is 3.07. The van der Waals surface area contributed by atoms with Crippen LogP contribution in [-0.4, -0.2) is 15.0 Å². The molecule has 7 heteroatoms. The zero-order chi connectivity index (χ0) is 20.7. The molecule has 4 aromatic rings. The quantitative estimate of drug-likeness (QED) is 0.555. The summed E-state index contributed by atoms with van der Waals surface area (Å²) in [7, 11) is 0. The zero-order valence-electron chi connectivity index (χ0n) is 16.1. The van der Waals surface area contributed by atoms with E-state index in [1.54, 1.807) is 35.7 Å². The highest BCUT2D eigenvalue weighted by Crippen LogP contribution is 2.30. The predicted octanol–water partition coefficient (Wildman–Crippen LogP) is 3.02. The number of carbonyl (C=O) groups is 1. The summed E-state index contributed by atoms with van der Waals surface area (Å²) in [4.78, 5) is 39.0. The van der Waals surface area contributed by atoms with Crippen LogP contribution in [0.2, 0.25) is 0 Å². The van der Waals surface area contributed by atoms with E-state index in [2.05, 4.69) is 11.4 Å². The lowest BCUT2D eigenvalue weighted by molar-refractivity contribution is -0.122. The van der Waals surface area contributed by atoms with E-state index >= 15 is 0 Å². The maximum Gasteiger partial charge on any atom is 0.336 e. The molecule has 1 atom stereocenters. The summed E-state index contributed by atoms with van der Waals surface area (Å²) >= 11 is 1.27. The number of hydrogen-bond donors (Lipinski definition) is 1. The van der Waals surface area contributed by atoms with Gasteiger partial charge in [0.25, 0.3) is 5.56 Å². The molecule has 6 nitrogen and oxygen atoms in total. The second-order valence-corrected chi connectivity index (χ2v) is 8.25. The second-order valence-electron chi connectivity index (χ2n) is 7.34. The van der Waals surface area contributed by atoms with Gasteiger partial charge in [-0.25, -0.2) is 9.36 Å². The van der Waals surface area contributed by atoms with Crippen molar-refractivity contribution in [2.45, 2.75) is 25.4 Å². The molecule has 0 spiro atoms. The molecule has 0 bridgehead atoms. The van der Waals surface area contributed by atoms with E-state index in [4.69, 9.17) is 0 Å². The molecule has 0 saturated carbocycles. The Bertz CT molecular complexity index is 1370. The monoisotopic (exact) mass is 417 g/mol. The van der Waals surface area contributed by atoms with E-state index < -0.39 is 5.69 Å². The van der Waals surface area contributed by atoms with Gasteiger partial charge in [0.05, 0.1) is 17.2 Å². The first-order chi connectivity index (χ1) is 14.6. The van der Waals surface area contributed by atoms with Gasteiger partial charge in [0.2, 0.25) is 5.91 Å². The molecule has 1 amide bonds. The Kier molecular flexibility index (Phi) is 4.59. The van der Waals surface area contributed by atoms with Gasteiger partial charge in [-0.2, -0.15) is 0 Å². The Labute approximate surface area is 176 Å². The molecule has 1 aliphatic carbocycles. The van der Waals surface area contributed by atoms with E-state index in [1.165, 1.54) is 21.5 Å². The smallest absolute Gasteiger partial charge is 0.336 e. The van der Waals surface area contributed by atoms with Crippen LogP contribution < -0.4 is 16.6 Å². The van der Waals surface area contributed by atoms with Crippen molar-refractivity contribution < 1.29 is 4.79 Å². The van der Waals surface area contributed by atoms with Crippen molar-refractivity contribution in [1.29, 1.82) is 0 Å². The van der Waals surface area contributed by atoms with Gasteiger partial charge >= 0.3 is 5.69 Å². The Hall–Kier alpha value is -3.45. The molecule has 30 heavy (non-hydrogen) atoms. The number of hydrogen-bond acceptors (Lipinski definition) is 4. The van der Waals surface area contributed by atoms with Crippen LogP contribution in [0.15, 0.2) is 75.6 Å². The Morgan fingerprint density at radius 2 is 1.80 bits per heavy atom. The van der Waals surface area contributed by atoms with Crippen molar-refractivity contribution in [2.75, 3.05) is 0 Å². The molecule has 0 unspecified atom stereocenters. The number of aromatic nitrogens is 2. The fourth-order valence-corrected chi connectivity index (χ4v) is 4.96. The Balaban J connectivity index is 1.52. The third-order valence-corrected chi connectivity index (χ3v) is 6.43. The number of carbonyl (C=O) groups excluding carboxylic acids is 1. The van der Waals surface area contributed by atoms with Crippen molar-refractivity contribution in [3.05, 3.63) is 98.0 Å². The van der Waals surface area contributed by atoms with Crippen molar-refractivity contribution in [3.8, 4) is 5.69 Å². The van der Waals surface area contributed by atoms with Gasteiger partial charge in [-0.3, -0.25) is 14.2 Å². The summed E-state index contributed by atoms with van der Waals surface area (Å²) in [5.74, 6) is -0.246.